The molecule has 2 unspecified atom stereocenters. The van der Waals surface area contributed by atoms with Crippen molar-refractivity contribution in [2.45, 2.75) is 37.5 Å². The molecule has 0 bridgehead atoms. The number of hydrogen-bond donors (Lipinski definition) is 2. The van der Waals surface area contributed by atoms with Gasteiger partial charge in [-0.25, -0.2) is 0 Å². The molecule has 1 rings (SSSR count). The van der Waals surface area contributed by atoms with Crippen molar-refractivity contribution in [2.24, 2.45) is 10.7 Å². The highest BCUT2D eigenvalue weighted by Gasteiger charge is 2.27. The Kier molecular flexibility index (Phi) is 4.42. The SMILES string of the molecule is CCSC1CCCC1NC(N)=NC. The van der Waals surface area contributed by atoms with Crippen molar-refractivity contribution in [3.05, 3.63) is 0 Å². The molecule has 0 amide bonds. The van der Waals surface area contributed by atoms with Gasteiger partial charge in [0.2, 0.25) is 0 Å². The van der Waals surface area contributed by atoms with Crippen molar-refractivity contribution < 1.29 is 0 Å². The molecule has 1 fully saturated rings. The van der Waals surface area contributed by atoms with Gasteiger partial charge in [0, 0.05) is 18.3 Å². The van der Waals surface area contributed by atoms with Crippen molar-refractivity contribution in [2.75, 3.05) is 12.8 Å². The molecule has 0 aliphatic heterocycles. The Morgan fingerprint density at radius 1 is 1.62 bits per heavy atom. The lowest BCUT2D eigenvalue weighted by Crippen LogP contribution is -2.42. The lowest BCUT2D eigenvalue weighted by molar-refractivity contribution is 0.637. The van der Waals surface area contributed by atoms with Crippen LogP contribution in [0.25, 0.3) is 0 Å². The second-order valence-electron chi connectivity index (χ2n) is 3.28. The highest BCUT2D eigenvalue weighted by atomic mass is 32.2. The van der Waals surface area contributed by atoms with E-state index >= 15 is 0 Å². The number of nitrogens with two attached hydrogens (primary N) is 1. The van der Waals surface area contributed by atoms with Gasteiger partial charge in [0.25, 0.3) is 0 Å². The maximum absolute atomic E-state index is 5.64. The summed E-state index contributed by atoms with van der Waals surface area (Å²) in [4.78, 5) is 3.92. The highest BCUT2D eigenvalue weighted by Crippen LogP contribution is 2.29. The smallest absolute Gasteiger partial charge is 0.188 e. The van der Waals surface area contributed by atoms with Crippen LogP contribution in [0.2, 0.25) is 0 Å². The second-order valence-corrected chi connectivity index (χ2v) is 4.80. The lowest BCUT2D eigenvalue weighted by atomic mass is 10.2. The summed E-state index contributed by atoms with van der Waals surface area (Å²) in [6.45, 7) is 2.21. The molecule has 0 spiro atoms. The Hall–Kier alpha value is -0.380. The average molecular weight is 201 g/mol. The molecule has 1 saturated carbocycles. The van der Waals surface area contributed by atoms with Gasteiger partial charge in [-0.3, -0.25) is 4.99 Å². The molecule has 76 valence electrons. The summed E-state index contributed by atoms with van der Waals surface area (Å²) >= 11 is 2.03. The van der Waals surface area contributed by atoms with Crippen LogP contribution in [0.15, 0.2) is 4.99 Å². The van der Waals surface area contributed by atoms with Gasteiger partial charge in [-0.15, -0.1) is 0 Å². The molecule has 1 aliphatic rings. The van der Waals surface area contributed by atoms with E-state index in [1.807, 2.05) is 11.8 Å². The van der Waals surface area contributed by atoms with Crippen LogP contribution in [0.5, 0.6) is 0 Å². The third-order valence-corrected chi connectivity index (χ3v) is 3.73. The molecule has 2 atom stereocenters. The summed E-state index contributed by atoms with van der Waals surface area (Å²) in [6, 6.07) is 0.536. The third kappa shape index (κ3) is 3.10. The molecule has 13 heavy (non-hydrogen) atoms. The van der Waals surface area contributed by atoms with E-state index in [4.69, 9.17) is 5.73 Å². The Morgan fingerprint density at radius 3 is 3.00 bits per heavy atom. The molecule has 3 nitrogen and oxygen atoms in total. The quantitative estimate of drug-likeness (QED) is 0.533. The van der Waals surface area contributed by atoms with Gasteiger partial charge >= 0.3 is 0 Å². The normalized spacial score (nSPS) is 29.2. The molecular weight excluding hydrogens is 182 g/mol. The van der Waals surface area contributed by atoms with Crippen LogP contribution in [0.3, 0.4) is 0 Å². The molecule has 0 saturated heterocycles. The molecule has 0 heterocycles. The molecule has 0 radical (unpaired) electrons. The summed E-state index contributed by atoms with van der Waals surface area (Å²) in [6.07, 6.45) is 3.85. The Balaban J connectivity index is 2.39. The van der Waals surface area contributed by atoms with Crippen LogP contribution in [-0.2, 0) is 0 Å². The molecule has 0 aromatic heterocycles. The summed E-state index contributed by atoms with van der Waals surface area (Å²) in [7, 11) is 1.72. The average Bonchev–Trinajstić information content (AvgIpc) is 2.54. The van der Waals surface area contributed by atoms with Crippen molar-refractivity contribution in [3.63, 3.8) is 0 Å². The van der Waals surface area contributed by atoms with Crippen molar-refractivity contribution in [1.29, 1.82) is 0 Å². The van der Waals surface area contributed by atoms with Gasteiger partial charge < -0.3 is 11.1 Å². The summed E-state index contributed by atoms with van der Waals surface area (Å²) in [5.74, 6) is 1.76. The first-order chi connectivity index (χ1) is 6.27. The first kappa shape index (κ1) is 10.7. The fourth-order valence-corrected chi connectivity index (χ4v) is 2.96. The van der Waals surface area contributed by atoms with E-state index < -0.39 is 0 Å². The molecular formula is C9H19N3S. The van der Waals surface area contributed by atoms with Crippen LogP contribution >= 0.6 is 11.8 Å². The second kappa shape index (κ2) is 5.37. The topological polar surface area (TPSA) is 50.4 Å². The van der Waals surface area contributed by atoms with Gasteiger partial charge in [-0.1, -0.05) is 13.3 Å². The van der Waals surface area contributed by atoms with E-state index in [-0.39, 0.29) is 0 Å². The largest absolute Gasteiger partial charge is 0.370 e. The number of nitrogens with one attached hydrogen (secondary N) is 1. The fraction of sp³-hybridized carbons (Fsp3) is 0.889. The van der Waals surface area contributed by atoms with Crippen LogP contribution in [0, 0.1) is 0 Å². The summed E-state index contributed by atoms with van der Waals surface area (Å²) in [5.41, 5.74) is 5.64. The molecule has 3 N–H and O–H groups in total. The minimum Gasteiger partial charge on any atom is -0.370 e. The van der Waals surface area contributed by atoms with E-state index in [0.717, 1.165) is 5.25 Å². The highest BCUT2D eigenvalue weighted by molar-refractivity contribution is 7.99. The zero-order valence-corrected chi connectivity index (χ0v) is 9.23. The Labute approximate surface area is 84.6 Å². The van der Waals surface area contributed by atoms with E-state index in [1.165, 1.54) is 25.0 Å². The predicted octanol–water partition coefficient (Wildman–Crippen LogP) is 1.19. The first-order valence-corrected chi connectivity index (χ1v) is 5.93. The number of thioether (sulfide) groups is 1. The number of guanidine groups is 1. The minimum absolute atomic E-state index is 0.536. The lowest BCUT2D eigenvalue weighted by Gasteiger charge is -2.20. The van der Waals surface area contributed by atoms with Gasteiger partial charge in [-0.05, 0) is 18.6 Å². The fourth-order valence-electron chi connectivity index (χ4n) is 1.76. The van der Waals surface area contributed by atoms with Crippen molar-refractivity contribution in [3.8, 4) is 0 Å². The van der Waals surface area contributed by atoms with E-state index in [9.17, 15) is 0 Å². The van der Waals surface area contributed by atoms with Gasteiger partial charge in [0.05, 0.1) is 0 Å². The predicted molar refractivity (Wildman–Crippen MR) is 60.2 cm³/mol. The molecule has 1 aliphatic carbocycles. The van der Waals surface area contributed by atoms with Gasteiger partial charge in [0.1, 0.15) is 0 Å². The maximum atomic E-state index is 5.64. The number of aliphatic imine (C=N–C) groups is 1. The maximum Gasteiger partial charge on any atom is 0.188 e. The first-order valence-electron chi connectivity index (χ1n) is 4.88. The summed E-state index contributed by atoms with van der Waals surface area (Å²) in [5, 5.41) is 4.00. The molecule has 0 aromatic carbocycles. The van der Waals surface area contributed by atoms with Crippen LogP contribution in [0.1, 0.15) is 26.2 Å². The Bertz CT molecular complexity index is 182. The van der Waals surface area contributed by atoms with Gasteiger partial charge in [0.15, 0.2) is 5.96 Å². The number of nitrogens with zero attached hydrogens (tertiary/aromatic N) is 1. The van der Waals surface area contributed by atoms with Gasteiger partial charge in [-0.2, -0.15) is 11.8 Å². The standard InChI is InChI=1S/C9H19N3S/c1-3-13-8-6-4-5-7(8)12-9(10)11-2/h7-8H,3-6H2,1-2H3,(H3,10,11,12). The zero-order chi connectivity index (χ0) is 9.68. The molecule has 0 aromatic rings. The van der Waals surface area contributed by atoms with Crippen LogP contribution < -0.4 is 11.1 Å². The van der Waals surface area contributed by atoms with Crippen LogP contribution in [-0.4, -0.2) is 30.1 Å². The monoisotopic (exact) mass is 201 g/mol. The van der Waals surface area contributed by atoms with Crippen molar-refractivity contribution >= 4 is 17.7 Å². The van der Waals surface area contributed by atoms with E-state index in [0.29, 0.717) is 12.0 Å². The van der Waals surface area contributed by atoms with E-state index in [1.54, 1.807) is 7.05 Å². The summed E-state index contributed by atoms with van der Waals surface area (Å²) < 4.78 is 0. The Morgan fingerprint density at radius 2 is 2.38 bits per heavy atom. The minimum atomic E-state index is 0.536. The van der Waals surface area contributed by atoms with Crippen LogP contribution in [0.4, 0.5) is 0 Å². The third-order valence-electron chi connectivity index (χ3n) is 2.41. The van der Waals surface area contributed by atoms with Crippen molar-refractivity contribution in [1.82, 2.24) is 5.32 Å². The van der Waals surface area contributed by atoms with E-state index in [2.05, 4.69) is 17.2 Å². The zero-order valence-electron chi connectivity index (χ0n) is 8.42. The number of rotatable bonds is 3. The molecule has 4 heteroatoms. The number of hydrogen-bond acceptors (Lipinski definition) is 2.